The molecule has 1 N–H and O–H groups in total. The highest BCUT2D eigenvalue weighted by molar-refractivity contribution is 5.18. The Morgan fingerprint density at radius 2 is 2.22 bits per heavy atom. The molecule has 0 amide bonds. The van der Waals surface area contributed by atoms with Crippen LogP contribution < -0.4 is 0 Å². The lowest BCUT2D eigenvalue weighted by atomic mass is 10.1. The van der Waals surface area contributed by atoms with Crippen molar-refractivity contribution in [1.29, 1.82) is 0 Å². The van der Waals surface area contributed by atoms with E-state index >= 15 is 0 Å². The maximum atomic E-state index is 8.75. The standard InChI is InChI=1S/C8H12O/c1-4-6-7(5-9)8(6,2)3/h1,6-7,9H,5H2,2-3H3/t6-,7-/m1/s1. The maximum Gasteiger partial charge on any atom is 0.0476 e. The first-order valence-electron chi connectivity index (χ1n) is 3.21. The number of rotatable bonds is 1. The molecule has 2 atom stereocenters. The van der Waals surface area contributed by atoms with E-state index in [4.69, 9.17) is 11.5 Å². The third-order valence-corrected chi connectivity index (χ3v) is 2.43. The average molecular weight is 124 g/mol. The second kappa shape index (κ2) is 1.75. The van der Waals surface area contributed by atoms with Crippen molar-refractivity contribution in [2.75, 3.05) is 6.61 Å². The Balaban J connectivity index is 2.57. The Kier molecular flexibility index (Phi) is 1.29. The first-order valence-corrected chi connectivity index (χ1v) is 3.21. The van der Waals surface area contributed by atoms with Crippen LogP contribution in [0, 0.1) is 29.6 Å². The number of hydrogen-bond donors (Lipinski definition) is 1. The summed E-state index contributed by atoms with van der Waals surface area (Å²) in [4.78, 5) is 0. The van der Waals surface area contributed by atoms with Crippen LogP contribution in [0.3, 0.4) is 0 Å². The zero-order chi connectivity index (χ0) is 7.07. The van der Waals surface area contributed by atoms with Gasteiger partial charge in [0.15, 0.2) is 0 Å². The van der Waals surface area contributed by atoms with Gasteiger partial charge in [0.05, 0.1) is 0 Å². The van der Waals surface area contributed by atoms with E-state index in [1.165, 1.54) is 0 Å². The van der Waals surface area contributed by atoms with Gasteiger partial charge in [0.1, 0.15) is 0 Å². The van der Waals surface area contributed by atoms with Crippen LogP contribution in [0.4, 0.5) is 0 Å². The predicted octanol–water partition coefficient (Wildman–Crippen LogP) is 0.884. The fraction of sp³-hybridized carbons (Fsp3) is 0.750. The lowest BCUT2D eigenvalue weighted by molar-refractivity contribution is 0.256. The van der Waals surface area contributed by atoms with E-state index in [0.717, 1.165) is 0 Å². The second-order valence-electron chi connectivity index (χ2n) is 3.25. The Bertz CT molecular complexity index is 152. The van der Waals surface area contributed by atoms with Gasteiger partial charge in [-0.25, -0.2) is 0 Å². The summed E-state index contributed by atoms with van der Waals surface area (Å²) in [5.74, 6) is 3.33. The first kappa shape index (κ1) is 6.64. The summed E-state index contributed by atoms with van der Waals surface area (Å²) in [6.45, 7) is 4.43. The van der Waals surface area contributed by atoms with Gasteiger partial charge in [-0.05, 0) is 5.41 Å². The van der Waals surface area contributed by atoms with Gasteiger partial charge in [0.2, 0.25) is 0 Å². The number of aliphatic hydroxyl groups is 1. The maximum absolute atomic E-state index is 8.75. The summed E-state index contributed by atoms with van der Waals surface area (Å²) >= 11 is 0. The van der Waals surface area contributed by atoms with Crippen molar-refractivity contribution in [3.63, 3.8) is 0 Å². The van der Waals surface area contributed by atoms with Crippen molar-refractivity contribution in [3.05, 3.63) is 0 Å². The van der Waals surface area contributed by atoms with Gasteiger partial charge in [-0.2, -0.15) is 0 Å². The Morgan fingerprint density at radius 1 is 1.67 bits per heavy atom. The van der Waals surface area contributed by atoms with Crippen molar-refractivity contribution in [2.24, 2.45) is 17.3 Å². The molecule has 50 valence electrons. The molecule has 0 saturated heterocycles. The molecule has 0 heterocycles. The zero-order valence-corrected chi connectivity index (χ0v) is 5.89. The van der Waals surface area contributed by atoms with Gasteiger partial charge in [-0.15, -0.1) is 12.3 Å². The van der Waals surface area contributed by atoms with Crippen LogP contribution in [0.5, 0.6) is 0 Å². The fourth-order valence-electron chi connectivity index (χ4n) is 1.42. The van der Waals surface area contributed by atoms with E-state index in [0.29, 0.717) is 11.8 Å². The minimum atomic E-state index is 0.198. The largest absolute Gasteiger partial charge is 0.396 e. The Labute approximate surface area is 56.1 Å². The molecule has 1 fully saturated rings. The lowest BCUT2D eigenvalue weighted by Crippen LogP contribution is -1.93. The SMILES string of the molecule is C#C[C@@H]1[C@@H](CO)C1(C)C. The minimum absolute atomic E-state index is 0.198. The molecule has 1 rings (SSSR count). The molecule has 0 unspecified atom stereocenters. The molecule has 1 aliphatic carbocycles. The average Bonchev–Trinajstić information content (AvgIpc) is 2.32. The fourth-order valence-corrected chi connectivity index (χ4v) is 1.42. The zero-order valence-electron chi connectivity index (χ0n) is 5.89. The molecule has 1 saturated carbocycles. The summed E-state index contributed by atoms with van der Waals surface area (Å²) in [7, 11) is 0. The molecule has 9 heavy (non-hydrogen) atoms. The lowest BCUT2D eigenvalue weighted by Gasteiger charge is -1.95. The van der Waals surface area contributed by atoms with E-state index in [-0.39, 0.29) is 12.0 Å². The van der Waals surface area contributed by atoms with Crippen LogP contribution in [0.2, 0.25) is 0 Å². The monoisotopic (exact) mass is 124 g/mol. The second-order valence-corrected chi connectivity index (χ2v) is 3.25. The third-order valence-electron chi connectivity index (χ3n) is 2.43. The number of terminal acetylenes is 1. The molecule has 0 bridgehead atoms. The molecule has 1 nitrogen and oxygen atoms in total. The minimum Gasteiger partial charge on any atom is -0.396 e. The van der Waals surface area contributed by atoms with Crippen LogP contribution in [0.15, 0.2) is 0 Å². The molecule has 1 heteroatoms. The van der Waals surface area contributed by atoms with Crippen LogP contribution in [-0.4, -0.2) is 11.7 Å². The van der Waals surface area contributed by atoms with Crippen LogP contribution >= 0.6 is 0 Å². The molecule has 0 aromatic carbocycles. The molecule has 0 aromatic heterocycles. The quantitative estimate of drug-likeness (QED) is 0.514. The molecule has 0 radical (unpaired) electrons. The van der Waals surface area contributed by atoms with E-state index in [9.17, 15) is 0 Å². The molecule has 0 aliphatic heterocycles. The normalized spacial score (nSPS) is 37.6. The van der Waals surface area contributed by atoms with E-state index in [1.807, 2.05) is 0 Å². The van der Waals surface area contributed by atoms with Gasteiger partial charge in [0.25, 0.3) is 0 Å². The molecule has 0 spiro atoms. The van der Waals surface area contributed by atoms with E-state index in [2.05, 4.69) is 19.8 Å². The van der Waals surface area contributed by atoms with Crippen LogP contribution in [0.1, 0.15) is 13.8 Å². The Morgan fingerprint density at radius 3 is 2.33 bits per heavy atom. The molecular weight excluding hydrogens is 112 g/mol. The summed E-state index contributed by atoms with van der Waals surface area (Å²) in [6, 6.07) is 0. The van der Waals surface area contributed by atoms with Crippen molar-refractivity contribution in [3.8, 4) is 12.3 Å². The highest BCUT2D eigenvalue weighted by Gasteiger charge is 2.56. The van der Waals surface area contributed by atoms with Gasteiger partial charge in [0, 0.05) is 18.4 Å². The number of aliphatic hydroxyl groups excluding tert-OH is 1. The highest BCUT2D eigenvalue weighted by Crippen LogP contribution is 2.57. The highest BCUT2D eigenvalue weighted by atomic mass is 16.3. The van der Waals surface area contributed by atoms with Crippen molar-refractivity contribution in [1.82, 2.24) is 0 Å². The molecular formula is C8H12O. The predicted molar refractivity (Wildman–Crippen MR) is 36.7 cm³/mol. The van der Waals surface area contributed by atoms with Gasteiger partial charge >= 0.3 is 0 Å². The van der Waals surface area contributed by atoms with E-state index < -0.39 is 0 Å². The topological polar surface area (TPSA) is 20.2 Å². The Hall–Kier alpha value is -0.480. The first-order chi connectivity index (χ1) is 4.14. The van der Waals surface area contributed by atoms with Crippen molar-refractivity contribution in [2.45, 2.75) is 13.8 Å². The number of hydrogen-bond acceptors (Lipinski definition) is 1. The van der Waals surface area contributed by atoms with Gasteiger partial charge in [-0.3, -0.25) is 0 Å². The van der Waals surface area contributed by atoms with E-state index in [1.54, 1.807) is 0 Å². The van der Waals surface area contributed by atoms with Crippen molar-refractivity contribution < 1.29 is 5.11 Å². The smallest absolute Gasteiger partial charge is 0.0476 e. The van der Waals surface area contributed by atoms with Gasteiger partial charge in [-0.1, -0.05) is 13.8 Å². The third kappa shape index (κ3) is 0.746. The molecule has 1 aliphatic rings. The summed E-state index contributed by atoms with van der Waals surface area (Å²) in [6.07, 6.45) is 5.21. The summed E-state index contributed by atoms with van der Waals surface area (Å²) in [5.41, 5.74) is 0.198. The van der Waals surface area contributed by atoms with Crippen LogP contribution in [-0.2, 0) is 0 Å². The van der Waals surface area contributed by atoms with Gasteiger partial charge < -0.3 is 5.11 Å². The van der Waals surface area contributed by atoms with Crippen molar-refractivity contribution >= 4 is 0 Å². The summed E-state index contributed by atoms with van der Waals surface area (Å²) < 4.78 is 0. The van der Waals surface area contributed by atoms with Crippen LogP contribution in [0.25, 0.3) is 0 Å². The summed E-state index contributed by atoms with van der Waals surface area (Å²) in [5, 5.41) is 8.75. The molecule has 0 aromatic rings.